The second-order valence-electron chi connectivity index (χ2n) is 3.59. The number of halogens is 2. The summed E-state index contributed by atoms with van der Waals surface area (Å²) in [5, 5.41) is 4.18. The molecular weight excluding hydrogens is 200 g/mol. The molecule has 81 valence electrons. The molecule has 1 heterocycles. The lowest BCUT2D eigenvalue weighted by molar-refractivity contribution is 0.160. The van der Waals surface area contributed by atoms with Crippen molar-refractivity contribution in [2.45, 2.75) is 18.9 Å². The van der Waals surface area contributed by atoms with Gasteiger partial charge in [-0.05, 0) is 12.8 Å². The molecule has 0 spiro atoms. The summed E-state index contributed by atoms with van der Waals surface area (Å²) in [7, 11) is 0. The lowest BCUT2D eigenvalue weighted by Crippen LogP contribution is -2.30. The van der Waals surface area contributed by atoms with E-state index in [1.165, 1.54) is 12.1 Å². The first-order valence-corrected chi connectivity index (χ1v) is 5.00. The molecule has 0 unspecified atom stereocenters. The van der Waals surface area contributed by atoms with E-state index in [1.807, 2.05) is 0 Å². The molecule has 4 heteroatoms. The van der Waals surface area contributed by atoms with Gasteiger partial charge in [0.15, 0.2) is 0 Å². The van der Waals surface area contributed by atoms with Crippen LogP contribution in [0.1, 0.15) is 12.8 Å². The molecule has 2 rings (SSSR count). The van der Waals surface area contributed by atoms with Crippen LogP contribution in [0.3, 0.4) is 0 Å². The molecule has 1 radical (unpaired) electrons. The number of ether oxygens (including phenoxy) is 1. The number of hydrogen-bond acceptors (Lipinski definition) is 1. The molecule has 1 saturated heterocycles. The normalized spacial score (nSPS) is 17.7. The van der Waals surface area contributed by atoms with Crippen LogP contribution >= 0.6 is 0 Å². The Bertz CT molecular complexity index is 317. The Hall–Kier alpha value is -1.16. The van der Waals surface area contributed by atoms with E-state index in [9.17, 15) is 8.78 Å². The van der Waals surface area contributed by atoms with Crippen molar-refractivity contribution in [3.63, 3.8) is 0 Å². The summed E-state index contributed by atoms with van der Waals surface area (Å²) in [5.41, 5.74) is 0. The largest absolute Gasteiger partial charge is 0.490 e. The molecule has 0 aliphatic carbocycles. The molecule has 1 aromatic carbocycles. The van der Waals surface area contributed by atoms with Crippen molar-refractivity contribution in [3.8, 4) is 5.75 Å². The molecule has 0 bridgehead atoms. The van der Waals surface area contributed by atoms with Crippen molar-refractivity contribution < 1.29 is 13.5 Å². The van der Waals surface area contributed by atoms with Gasteiger partial charge in [0.1, 0.15) is 23.5 Å². The van der Waals surface area contributed by atoms with Crippen molar-refractivity contribution in [3.05, 3.63) is 29.8 Å². The topological polar surface area (TPSA) is 23.3 Å². The summed E-state index contributed by atoms with van der Waals surface area (Å²) in [6.45, 7) is 1.53. The third-order valence-electron chi connectivity index (χ3n) is 2.36. The predicted molar refractivity (Wildman–Crippen MR) is 51.9 cm³/mol. The van der Waals surface area contributed by atoms with Crippen LogP contribution in [0, 0.1) is 11.6 Å². The highest BCUT2D eigenvalue weighted by Gasteiger charge is 2.15. The first-order valence-electron chi connectivity index (χ1n) is 5.00. The Balaban J connectivity index is 2.02. The lowest BCUT2D eigenvalue weighted by atomic mass is 10.1. The van der Waals surface area contributed by atoms with Crippen LogP contribution < -0.4 is 10.1 Å². The minimum Gasteiger partial charge on any atom is -0.490 e. The van der Waals surface area contributed by atoms with E-state index >= 15 is 0 Å². The molecule has 0 atom stereocenters. The van der Waals surface area contributed by atoms with Crippen LogP contribution in [0.5, 0.6) is 5.75 Å². The van der Waals surface area contributed by atoms with E-state index in [1.54, 1.807) is 0 Å². The van der Waals surface area contributed by atoms with Crippen LogP contribution in [0.15, 0.2) is 18.2 Å². The van der Waals surface area contributed by atoms with E-state index in [0.717, 1.165) is 32.0 Å². The van der Waals surface area contributed by atoms with Crippen molar-refractivity contribution in [2.75, 3.05) is 13.1 Å². The SMILES string of the molecule is Fc1cc(F)cc(OC2CC[N]CC2)c1. The molecular formula is C11H12F2NO. The minimum absolute atomic E-state index is 0.0312. The molecule has 1 aliphatic heterocycles. The fraction of sp³-hybridized carbons (Fsp3) is 0.455. The van der Waals surface area contributed by atoms with E-state index in [4.69, 9.17) is 4.74 Å². The van der Waals surface area contributed by atoms with Gasteiger partial charge >= 0.3 is 0 Å². The van der Waals surface area contributed by atoms with Crippen molar-refractivity contribution in [1.29, 1.82) is 0 Å². The zero-order valence-electron chi connectivity index (χ0n) is 8.25. The van der Waals surface area contributed by atoms with Gasteiger partial charge in [-0.2, -0.15) is 0 Å². The number of rotatable bonds is 2. The van der Waals surface area contributed by atoms with Crippen LogP contribution in [0.25, 0.3) is 0 Å². The average molecular weight is 212 g/mol. The van der Waals surface area contributed by atoms with Gasteiger partial charge in [0, 0.05) is 31.3 Å². The summed E-state index contributed by atoms with van der Waals surface area (Å²) in [5.74, 6) is -0.949. The predicted octanol–water partition coefficient (Wildman–Crippen LogP) is 2.11. The Labute approximate surface area is 87.2 Å². The van der Waals surface area contributed by atoms with E-state index in [-0.39, 0.29) is 11.9 Å². The second-order valence-corrected chi connectivity index (χ2v) is 3.59. The van der Waals surface area contributed by atoms with E-state index in [0.29, 0.717) is 0 Å². The highest BCUT2D eigenvalue weighted by Crippen LogP contribution is 2.19. The fourth-order valence-electron chi connectivity index (χ4n) is 1.63. The van der Waals surface area contributed by atoms with Crippen LogP contribution in [0.2, 0.25) is 0 Å². The zero-order chi connectivity index (χ0) is 10.7. The molecule has 0 N–H and O–H groups in total. The molecule has 0 aromatic heterocycles. The molecule has 15 heavy (non-hydrogen) atoms. The molecule has 1 aromatic rings. The third-order valence-corrected chi connectivity index (χ3v) is 2.36. The maximum absolute atomic E-state index is 12.8. The van der Waals surface area contributed by atoms with Gasteiger partial charge in [0.05, 0.1) is 0 Å². The first-order chi connectivity index (χ1) is 7.24. The van der Waals surface area contributed by atoms with Gasteiger partial charge in [-0.1, -0.05) is 0 Å². The number of nitrogens with zero attached hydrogens (tertiary/aromatic N) is 1. The minimum atomic E-state index is -0.606. The van der Waals surface area contributed by atoms with Gasteiger partial charge in [0.25, 0.3) is 0 Å². The fourth-order valence-corrected chi connectivity index (χ4v) is 1.63. The quantitative estimate of drug-likeness (QED) is 0.736. The van der Waals surface area contributed by atoms with Crippen LogP contribution in [0.4, 0.5) is 8.78 Å². The van der Waals surface area contributed by atoms with Crippen LogP contribution in [-0.2, 0) is 0 Å². The lowest BCUT2D eigenvalue weighted by Gasteiger charge is -2.22. The molecule has 2 nitrogen and oxygen atoms in total. The number of hydrogen-bond donors (Lipinski definition) is 0. The van der Waals surface area contributed by atoms with E-state index in [2.05, 4.69) is 5.32 Å². The monoisotopic (exact) mass is 212 g/mol. The summed E-state index contributed by atoms with van der Waals surface area (Å²) in [4.78, 5) is 0. The Morgan fingerprint density at radius 1 is 1.07 bits per heavy atom. The van der Waals surface area contributed by atoms with Gasteiger partial charge in [-0.15, -0.1) is 0 Å². The van der Waals surface area contributed by atoms with E-state index < -0.39 is 11.6 Å². The molecule has 1 fully saturated rings. The summed E-state index contributed by atoms with van der Waals surface area (Å²) in [6, 6.07) is 3.24. The highest BCUT2D eigenvalue weighted by atomic mass is 19.1. The summed E-state index contributed by atoms with van der Waals surface area (Å²) >= 11 is 0. The number of benzene rings is 1. The van der Waals surface area contributed by atoms with Gasteiger partial charge < -0.3 is 4.74 Å². The molecule has 0 amide bonds. The van der Waals surface area contributed by atoms with Crippen LogP contribution in [-0.4, -0.2) is 19.2 Å². The maximum atomic E-state index is 12.8. The third kappa shape index (κ3) is 2.89. The second kappa shape index (κ2) is 4.57. The summed E-state index contributed by atoms with van der Waals surface area (Å²) < 4.78 is 31.2. The highest BCUT2D eigenvalue weighted by molar-refractivity contribution is 5.24. The van der Waals surface area contributed by atoms with Gasteiger partial charge in [-0.3, -0.25) is 0 Å². The standard InChI is InChI=1S/C11H12F2NO/c12-8-5-9(13)7-11(6-8)15-10-1-3-14-4-2-10/h5-7,10H,1-4H2. The smallest absolute Gasteiger partial charge is 0.129 e. The number of piperidine rings is 1. The van der Waals surface area contributed by atoms with Gasteiger partial charge in [0.2, 0.25) is 0 Å². The average Bonchev–Trinajstić information content (AvgIpc) is 2.17. The van der Waals surface area contributed by atoms with Crippen molar-refractivity contribution in [1.82, 2.24) is 5.32 Å². The molecule has 0 saturated carbocycles. The Kier molecular flexibility index (Phi) is 3.16. The zero-order valence-corrected chi connectivity index (χ0v) is 8.25. The first kappa shape index (κ1) is 10.4. The van der Waals surface area contributed by atoms with Crippen molar-refractivity contribution >= 4 is 0 Å². The molecule has 1 aliphatic rings. The summed E-state index contributed by atoms with van der Waals surface area (Å²) in [6.07, 6.45) is 1.67. The Morgan fingerprint density at radius 2 is 1.67 bits per heavy atom. The van der Waals surface area contributed by atoms with Crippen molar-refractivity contribution in [2.24, 2.45) is 0 Å². The maximum Gasteiger partial charge on any atom is 0.129 e. The van der Waals surface area contributed by atoms with Gasteiger partial charge in [-0.25, -0.2) is 14.1 Å². The Morgan fingerprint density at radius 3 is 2.27 bits per heavy atom.